The highest BCUT2D eigenvalue weighted by molar-refractivity contribution is 5.58. The maximum atomic E-state index is 5.71. The van der Waals surface area contributed by atoms with Crippen LogP contribution in [0.2, 0.25) is 0 Å². The molecule has 2 heterocycles. The summed E-state index contributed by atoms with van der Waals surface area (Å²) in [6.07, 6.45) is 4.53. The van der Waals surface area contributed by atoms with Crippen molar-refractivity contribution in [1.29, 1.82) is 0 Å². The SMILES string of the molecule is CCNCCc1ncc(-c2cn(C)nc2C)o1. The normalized spacial score (nSPS) is 11.0. The lowest BCUT2D eigenvalue weighted by Crippen LogP contribution is -2.16. The van der Waals surface area contributed by atoms with Crippen molar-refractivity contribution in [2.24, 2.45) is 7.05 Å². The molecular formula is C12H18N4O. The molecule has 2 rings (SSSR count). The van der Waals surface area contributed by atoms with E-state index in [4.69, 9.17) is 4.42 Å². The third-order valence-electron chi connectivity index (χ3n) is 2.60. The van der Waals surface area contributed by atoms with Crippen LogP contribution >= 0.6 is 0 Å². The zero-order valence-electron chi connectivity index (χ0n) is 10.5. The molecule has 0 saturated carbocycles. The van der Waals surface area contributed by atoms with Gasteiger partial charge >= 0.3 is 0 Å². The van der Waals surface area contributed by atoms with Gasteiger partial charge in [0.05, 0.1) is 17.5 Å². The predicted molar refractivity (Wildman–Crippen MR) is 65.7 cm³/mol. The molecule has 0 unspecified atom stereocenters. The molecule has 0 saturated heterocycles. The van der Waals surface area contributed by atoms with Crippen LogP contribution in [0.25, 0.3) is 11.3 Å². The fourth-order valence-electron chi connectivity index (χ4n) is 1.76. The summed E-state index contributed by atoms with van der Waals surface area (Å²) in [6, 6.07) is 0. The van der Waals surface area contributed by atoms with Gasteiger partial charge in [-0.1, -0.05) is 6.92 Å². The van der Waals surface area contributed by atoms with Gasteiger partial charge in [-0.2, -0.15) is 5.10 Å². The van der Waals surface area contributed by atoms with E-state index in [1.54, 1.807) is 10.9 Å². The third kappa shape index (κ3) is 2.74. The second kappa shape index (κ2) is 5.14. The average molecular weight is 234 g/mol. The lowest BCUT2D eigenvalue weighted by atomic mass is 10.2. The van der Waals surface area contributed by atoms with Crippen molar-refractivity contribution in [3.05, 3.63) is 24.0 Å². The van der Waals surface area contributed by atoms with E-state index in [0.717, 1.165) is 42.4 Å². The molecule has 0 atom stereocenters. The molecule has 5 nitrogen and oxygen atoms in total. The van der Waals surface area contributed by atoms with Crippen molar-refractivity contribution in [2.75, 3.05) is 13.1 Å². The predicted octanol–water partition coefficient (Wildman–Crippen LogP) is 1.54. The van der Waals surface area contributed by atoms with Crippen LogP contribution in [-0.2, 0) is 13.5 Å². The largest absolute Gasteiger partial charge is 0.441 e. The fraction of sp³-hybridized carbons (Fsp3) is 0.500. The molecule has 2 aromatic heterocycles. The third-order valence-corrected chi connectivity index (χ3v) is 2.60. The second-order valence-corrected chi connectivity index (χ2v) is 4.02. The Balaban J connectivity index is 2.10. The van der Waals surface area contributed by atoms with Gasteiger partial charge in [0.25, 0.3) is 0 Å². The number of oxazole rings is 1. The van der Waals surface area contributed by atoms with Crippen LogP contribution in [0.15, 0.2) is 16.8 Å². The number of likely N-dealkylation sites (N-methyl/N-ethyl adjacent to an activating group) is 1. The van der Waals surface area contributed by atoms with Crippen molar-refractivity contribution in [1.82, 2.24) is 20.1 Å². The lowest BCUT2D eigenvalue weighted by Gasteiger charge is -1.97. The molecule has 0 bridgehead atoms. The number of hydrogen-bond acceptors (Lipinski definition) is 4. The van der Waals surface area contributed by atoms with Gasteiger partial charge < -0.3 is 9.73 Å². The van der Waals surface area contributed by atoms with Crippen LogP contribution < -0.4 is 5.32 Å². The van der Waals surface area contributed by atoms with Gasteiger partial charge in [0, 0.05) is 26.2 Å². The molecule has 92 valence electrons. The molecule has 17 heavy (non-hydrogen) atoms. The van der Waals surface area contributed by atoms with E-state index in [1.165, 1.54) is 0 Å². The minimum Gasteiger partial charge on any atom is -0.441 e. The number of aryl methyl sites for hydroxylation is 2. The highest BCUT2D eigenvalue weighted by Gasteiger charge is 2.11. The summed E-state index contributed by atoms with van der Waals surface area (Å²) in [5, 5.41) is 7.53. The van der Waals surface area contributed by atoms with E-state index in [9.17, 15) is 0 Å². The van der Waals surface area contributed by atoms with Crippen LogP contribution in [-0.4, -0.2) is 27.9 Å². The van der Waals surface area contributed by atoms with Gasteiger partial charge in [-0.05, 0) is 13.5 Å². The molecule has 0 spiro atoms. The molecule has 2 aromatic rings. The lowest BCUT2D eigenvalue weighted by molar-refractivity contribution is 0.497. The summed E-state index contributed by atoms with van der Waals surface area (Å²) in [7, 11) is 1.90. The Morgan fingerprint density at radius 3 is 2.94 bits per heavy atom. The van der Waals surface area contributed by atoms with Crippen LogP contribution in [0.3, 0.4) is 0 Å². The minimum absolute atomic E-state index is 0.768. The van der Waals surface area contributed by atoms with Crippen molar-refractivity contribution in [2.45, 2.75) is 20.3 Å². The first kappa shape index (κ1) is 11.9. The molecule has 0 aliphatic heterocycles. The number of hydrogen-bond donors (Lipinski definition) is 1. The summed E-state index contributed by atoms with van der Waals surface area (Å²) in [5.41, 5.74) is 1.97. The zero-order valence-corrected chi connectivity index (χ0v) is 10.5. The van der Waals surface area contributed by atoms with Crippen molar-refractivity contribution in [3.8, 4) is 11.3 Å². The first-order valence-electron chi connectivity index (χ1n) is 5.86. The second-order valence-electron chi connectivity index (χ2n) is 4.02. The standard InChI is InChI=1S/C12H18N4O/c1-4-13-6-5-12-14-7-11(17-12)10-8-16(3)15-9(10)2/h7-8,13H,4-6H2,1-3H3. The average Bonchev–Trinajstić information content (AvgIpc) is 2.86. The van der Waals surface area contributed by atoms with Gasteiger partial charge in [-0.25, -0.2) is 4.98 Å². The van der Waals surface area contributed by atoms with Gasteiger partial charge in [-0.3, -0.25) is 4.68 Å². The molecule has 0 amide bonds. The van der Waals surface area contributed by atoms with Crippen molar-refractivity contribution in [3.63, 3.8) is 0 Å². The van der Waals surface area contributed by atoms with Crippen molar-refractivity contribution < 1.29 is 4.42 Å². The Kier molecular flexibility index (Phi) is 3.58. The van der Waals surface area contributed by atoms with Crippen LogP contribution in [0.5, 0.6) is 0 Å². The molecule has 1 N–H and O–H groups in total. The van der Waals surface area contributed by atoms with E-state index in [-0.39, 0.29) is 0 Å². The van der Waals surface area contributed by atoms with E-state index in [2.05, 4.69) is 22.3 Å². The van der Waals surface area contributed by atoms with Gasteiger partial charge in [0.1, 0.15) is 0 Å². The summed E-state index contributed by atoms with van der Waals surface area (Å²) in [6.45, 7) is 5.91. The Morgan fingerprint density at radius 1 is 1.47 bits per heavy atom. The van der Waals surface area contributed by atoms with Gasteiger partial charge in [-0.15, -0.1) is 0 Å². The van der Waals surface area contributed by atoms with Crippen LogP contribution in [0.1, 0.15) is 18.5 Å². The highest BCUT2D eigenvalue weighted by atomic mass is 16.4. The summed E-state index contributed by atoms with van der Waals surface area (Å²) < 4.78 is 7.49. The van der Waals surface area contributed by atoms with E-state index in [0.29, 0.717) is 0 Å². The van der Waals surface area contributed by atoms with E-state index < -0.39 is 0 Å². The quantitative estimate of drug-likeness (QED) is 0.797. The Bertz CT molecular complexity index is 486. The summed E-state index contributed by atoms with van der Waals surface area (Å²) >= 11 is 0. The van der Waals surface area contributed by atoms with Crippen LogP contribution in [0, 0.1) is 6.92 Å². The maximum absolute atomic E-state index is 5.71. The molecular weight excluding hydrogens is 216 g/mol. The topological polar surface area (TPSA) is 55.9 Å². The first-order valence-corrected chi connectivity index (χ1v) is 5.86. The van der Waals surface area contributed by atoms with Gasteiger partial charge in [0.15, 0.2) is 11.7 Å². The number of nitrogens with zero attached hydrogens (tertiary/aromatic N) is 3. The summed E-state index contributed by atoms with van der Waals surface area (Å²) in [5.74, 6) is 1.56. The van der Waals surface area contributed by atoms with Gasteiger partial charge in [0.2, 0.25) is 0 Å². The Hall–Kier alpha value is -1.62. The zero-order chi connectivity index (χ0) is 12.3. The molecule has 0 radical (unpaired) electrons. The number of nitrogens with one attached hydrogen (secondary N) is 1. The molecule has 0 aromatic carbocycles. The smallest absolute Gasteiger partial charge is 0.196 e. The minimum atomic E-state index is 0.768. The Morgan fingerprint density at radius 2 is 2.29 bits per heavy atom. The number of aromatic nitrogens is 3. The maximum Gasteiger partial charge on any atom is 0.196 e. The first-order chi connectivity index (χ1) is 8.20. The molecule has 0 aliphatic carbocycles. The monoisotopic (exact) mass is 234 g/mol. The molecule has 0 aliphatic rings. The number of rotatable bonds is 5. The van der Waals surface area contributed by atoms with Crippen molar-refractivity contribution >= 4 is 0 Å². The summed E-state index contributed by atoms with van der Waals surface area (Å²) in [4.78, 5) is 4.27. The molecule has 5 heteroatoms. The highest BCUT2D eigenvalue weighted by Crippen LogP contribution is 2.22. The Labute approximate surface area is 101 Å². The fourth-order valence-corrected chi connectivity index (χ4v) is 1.76. The van der Waals surface area contributed by atoms with Crippen LogP contribution in [0.4, 0.5) is 0 Å². The van der Waals surface area contributed by atoms with E-state index >= 15 is 0 Å². The molecule has 0 fully saturated rings. The van der Waals surface area contributed by atoms with E-state index in [1.807, 2.05) is 20.2 Å².